The fourth-order valence-corrected chi connectivity index (χ4v) is 2.61. The molecule has 6 heteroatoms. The average Bonchev–Trinajstić information content (AvgIpc) is 3.16. The zero-order chi connectivity index (χ0) is 14.7. The van der Waals surface area contributed by atoms with Crippen molar-refractivity contribution in [1.82, 2.24) is 19.9 Å². The van der Waals surface area contributed by atoms with Gasteiger partial charge in [0.25, 0.3) is 5.91 Å². The Kier molecular flexibility index (Phi) is 3.96. The van der Waals surface area contributed by atoms with E-state index in [2.05, 4.69) is 10.3 Å². The van der Waals surface area contributed by atoms with Crippen LogP contribution in [0.5, 0.6) is 0 Å². The number of methoxy groups -OCH3 is 1. The fourth-order valence-electron chi connectivity index (χ4n) is 2.61. The molecule has 1 saturated heterocycles. The molecule has 1 aromatic carbocycles. The van der Waals surface area contributed by atoms with Gasteiger partial charge in [-0.1, -0.05) is 23.4 Å². The van der Waals surface area contributed by atoms with Crippen LogP contribution in [0.2, 0.25) is 0 Å². The Morgan fingerprint density at radius 3 is 2.95 bits per heavy atom. The first-order valence-corrected chi connectivity index (χ1v) is 7.02. The van der Waals surface area contributed by atoms with Gasteiger partial charge in [0.2, 0.25) is 0 Å². The number of hydrogen-bond donors (Lipinski definition) is 0. The van der Waals surface area contributed by atoms with Crippen LogP contribution < -0.4 is 0 Å². The van der Waals surface area contributed by atoms with Gasteiger partial charge in [0.15, 0.2) is 0 Å². The molecule has 1 aromatic heterocycles. The molecule has 110 valence electrons. The van der Waals surface area contributed by atoms with Gasteiger partial charge in [-0.3, -0.25) is 4.79 Å². The molecule has 1 fully saturated rings. The summed E-state index contributed by atoms with van der Waals surface area (Å²) in [7, 11) is 1.63. The van der Waals surface area contributed by atoms with Crippen molar-refractivity contribution < 1.29 is 9.53 Å². The maximum Gasteiger partial charge on any atom is 0.253 e. The number of aromatic nitrogens is 3. The van der Waals surface area contributed by atoms with E-state index in [0.717, 1.165) is 24.2 Å². The van der Waals surface area contributed by atoms with Gasteiger partial charge in [0.05, 0.1) is 18.8 Å². The van der Waals surface area contributed by atoms with Crippen molar-refractivity contribution in [3.05, 3.63) is 47.8 Å². The van der Waals surface area contributed by atoms with Crippen LogP contribution in [0.1, 0.15) is 28.5 Å². The van der Waals surface area contributed by atoms with Crippen molar-refractivity contribution in [3.8, 4) is 0 Å². The molecule has 1 aliphatic heterocycles. The highest BCUT2D eigenvalue weighted by atomic mass is 16.5. The number of nitrogens with zero attached hydrogens (tertiary/aromatic N) is 4. The molecule has 1 aliphatic rings. The second kappa shape index (κ2) is 6.05. The number of amides is 1. The molecule has 3 rings (SSSR count). The largest absolute Gasteiger partial charge is 0.378 e. The highest BCUT2D eigenvalue weighted by Gasteiger charge is 2.28. The van der Waals surface area contributed by atoms with Gasteiger partial charge in [-0.05, 0) is 18.6 Å². The molecule has 0 radical (unpaired) electrons. The van der Waals surface area contributed by atoms with E-state index < -0.39 is 0 Å². The molecule has 0 unspecified atom stereocenters. The Labute approximate surface area is 123 Å². The monoisotopic (exact) mass is 286 g/mol. The molecular weight excluding hydrogens is 268 g/mol. The van der Waals surface area contributed by atoms with Gasteiger partial charge in [0, 0.05) is 25.8 Å². The lowest BCUT2D eigenvalue weighted by Crippen LogP contribution is -2.29. The predicted octanol–water partition coefficient (Wildman–Crippen LogP) is 1.51. The summed E-state index contributed by atoms with van der Waals surface area (Å²) in [6, 6.07) is 9.57. The summed E-state index contributed by atoms with van der Waals surface area (Å²) in [5, 5.41) is 8.20. The van der Waals surface area contributed by atoms with Crippen LogP contribution in [0.25, 0.3) is 0 Å². The van der Waals surface area contributed by atoms with E-state index in [1.54, 1.807) is 7.11 Å². The first kappa shape index (κ1) is 13.8. The summed E-state index contributed by atoms with van der Waals surface area (Å²) >= 11 is 0. The zero-order valence-electron chi connectivity index (χ0n) is 12.0. The van der Waals surface area contributed by atoms with Crippen LogP contribution in [0.4, 0.5) is 0 Å². The number of carbonyl (C=O) groups excluding carboxylic acids is 1. The van der Waals surface area contributed by atoms with Crippen molar-refractivity contribution in [2.45, 2.75) is 19.1 Å². The van der Waals surface area contributed by atoms with E-state index in [-0.39, 0.29) is 11.9 Å². The number of benzene rings is 1. The zero-order valence-corrected chi connectivity index (χ0v) is 12.0. The SMILES string of the molecule is COCc1cn([C@H]2CCN(C(=O)c3ccccc3)C2)nn1. The normalized spacial score (nSPS) is 18.1. The Balaban J connectivity index is 1.66. The summed E-state index contributed by atoms with van der Waals surface area (Å²) in [5.74, 6) is 0.0790. The van der Waals surface area contributed by atoms with Gasteiger partial charge in [-0.25, -0.2) is 4.68 Å². The molecule has 21 heavy (non-hydrogen) atoms. The summed E-state index contributed by atoms with van der Waals surface area (Å²) in [4.78, 5) is 14.3. The summed E-state index contributed by atoms with van der Waals surface area (Å²) in [6.07, 6.45) is 2.79. The van der Waals surface area contributed by atoms with E-state index in [9.17, 15) is 4.79 Å². The fraction of sp³-hybridized carbons (Fsp3) is 0.400. The van der Waals surface area contributed by atoms with Crippen LogP contribution in [0.3, 0.4) is 0 Å². The van der Waals surface area contributed by atoms with Gasteiger partial charge in [-0.2, -0.15) is 0 Å². The van der Waals surface area contributed by atoms with E-state index in [4.69, 9.17) is 4.74 Å². The second-order valence-corrected chi connectivity index (χ2v) is 5.18. The van der Waals surface area contributed by atoms with Crippen LogP contribution in [0, 0.1) is 0 Å². The Morgan fingerprint density at radius 1 is 1.38 bits per heavy atom. The summed E-state index contributed by atoms with van der Waals surface area (Å²) < 4.78 is 6.88. The molecule has 6 nitrogen and oxygen atoms in total. The molecule has 0 N–H and O–H groups in total. The van der Waals surface area contributed by atoms with Gasteiger partial charge >= 0.3 is 0 Å². The molecular formula is C15H18N4O2. The van der Waals surface area contributed by atoms with Gasteiger partial charge < -0.3 is 9.64 Å². The van der Waals surface area contributed by atoms with Crippen molar-refractivity contribution in [2.24, 2.45) is 0 Å². The van der Waals surface area contributed by atoms with Crippen molar-refractivity contribution in [2.75, 3.05) is 20.2 Å². The highest BCUT2D eigenvalue weighted by Crippen LogP contribution is 2.22. The summed E-state index contributed by atoms with van der Waals surface area (Å²) in [5.41, 5.74) is 1.54. The number of ether oxygens (including phenoxy) is 1. The molecule has 1 atom stereocenters. The molecule has 0 aliphatic carbocycles. The minimum Gasteiger partial charge on any atom is -0.378 e. The van der Waals surface area contributed by atoms with E-state index in [1.807, 2.05) is 46.1 Å². The molecule has 1 amide bonds. The lowest BCUT2D eigenvalue weighted by atomic mass is 10.2. The quantitative estimate of drug-likeness (QED) is 0.855. The van der Waals surface area contributed by atoms with E-state index in [0.29, 0.717) is 13.2 Å². The van der Waals surface area contributed by atoms with Crippen LogP contribution in [-0.2, 0) is 11.3 Å². The predicted molar refractivity (Wildman–Crippen MR) is 76.7 cm³/mol. The maximum absolute atomic E-state index is 12.4. The lowest BCUT2D eigenvalue weighted by Gasteiger charge is -2.16. The van der Waals surface area contributed by atoms with Crippen LogP contribution in [-0.4, -0.2) is 46.0 Å². The van der Waals surface area contributed by atoms with Crippen LogP contribution in [0.15, 0.2) is 36.5 Å². The molecule has 0 saturated carbocycles. The minimum absolute atomic E-state index is 0.0790. The first-order valence-electron chi connectivity index (χ1n) is 7.02. The smallest absolute Gasteiger partial charge is 0.253 e. The van der Waals surface area contributed by atoms with Crippen molar-refractivity contribution in [3.63, 3.8) is 0 Å². The molecule has 2 aromatic rings. The molecule has 0 spiro atoms. The third-order valence-electron chi connectivity index (χ3n) is 3.70. The minimum atomic E-state index is 0.0790. The third kappa shape index (κ3) is 2.95. The van der Waals surface area contributed by atoms with Gasteiger partial charge in [-0.15, -0.1) is 5.10 Å². The standard InChI is InChI=1S/C15H18N4O2/c1-21-11-13-9-19(17-16-13)14-7-8-18(10-14)15(20)12-5-3-2-4-6-12/h2-6,9,14H,7-8,10-11H2,1H3/t14-/m0/s1. The molecule has 2 heterocycles. The third-order valence-corrected chi connectivity index (χ3v) is 3.70. The Morgan fingerprint density at radius 2 is 2.19 bits per heavy atom. The Bertz CT molecular complexity index is 611. The van der Waals surface area contributed by atoms with E-state index in [1.165, 1.54) is 0 Å². The number of carbonyl (C=O) groups is 1. The summed E-state index contributed by atoms with van der Waals surface area (Å²) in [6.45, 7) is 1.88. The Hall–Kier alpha value is -2.21. The van der Waals surface area contributed by atoms with E-state index >= 15 is 0 Å². The van der Waals surface area contributed by atoms with Crippen LogP contribution >= 0.6 is 0 Å². The first-order chi connectivity index (χ1) is 10.3. The van der Waals surface area contributed by atoms with Crippen molar-refractivity contribution in [1.29, 1.82) is 0 Å². The second-order valence-electron chi connectivity index (χ2n) is 5.18. The van der Waals surface area contributed by atoms with Crippen molar-refractivity contribution >= 4 is 5.91 Å². The maximum atomic E-state index is 12.4. The average molecular weight is 286 g/mol. The highest BCUT2D eigenvalue weighted by molar-refractivity contribution is 5.94. The van der Waals surface area contributed by atoms with Gasteiger partial charge in [0.1, 0.15) is 5.69 Å². The number of likely N-dealkylation sites (tertiary alicyclic amines) is 1. The lowest BCUT2D eigenvalue weighted by molar-refractivity contribution is 0.0787. The topological polar surface area (TPSA) is 60.2 Å². The number of hydrogen-bond acceptors (Lipinski definition) is 4. The number of rotatable bonds is 4. The molecule has 0 bridgehead atoms.